The molecule has 6 rings (SSSR count). The molecule has 2 aromatic carbocycles. The Labute approximate surface area is 226 Å². The minimum absolute atomic E-state index is 0.0566. The van der Waals surface area contributed by atoms with Crippen molar-refractivity contribution in [1.82, 2.24) is 24.5 Å². The van der Waals surface area contributed by atoms with Gasteiger partial charge in [-0.3, -0.25) is 9.59 Å². The van der Waals surface area contributed by atoms with E-state index >= 15 is 4.39 Å². The SMILES string of the molecule is O=C(c1cn(Cc2cn(-c3cccc(C(F)(F)F)c3)nn2)c2cc(N3CCCC3)c(F)cc2c1=O)N1CCCC1. The third-order valence-electron chi connectivity index (χ3n) is 7.53. The van der Waals surface area contributed by atoms with E-state index in [4.69, 9.17) is 0 Å². The van der Waals surface area contributed by atoms with E-state index in [1.54, 1.807) is 15.5 Å². The summed E-state index contributed by atoms with van der Waals surface area (Å²) in [6.07, 6.45) is 2.03. The number of halogens is 4. The zero-order valence-electron chi connectivity index (χ0n) is 21.5. The van der Waals surface area contributed by atoms with Gasteiger partial charge in [0.2, 0.25) is 5.43 Å². The largest absolute Gasteiger partial charge is 0.416 e. The zero-order valence-corrected chi connectivity index (χ0v) is 21.5. The summed E-state index contributed by atoms with van der Waals surface area (Å²) in [4.78, 5) is 30.3. The number of hydrogen-bond donors (Lipinski definition) is 0. The predicted octanol–water partition coefficient (Wildman–Crippen LogP) is 4.62. The molecule has 2 aromatic heterocycles. The third kappa shape index (κ3) is 4.82. The molecule has 208 valence electrons. The molecule has 2 aliphatic heterocycles. The molecule has 0 aliphatic carbocycles. The highest BCUT2D eigenvalue weighted by Crippen LogP contribution is 2.31. The Hall–Kier alpha value is -4.22. The standard InChI is InChI=1S/C28H26F4N6O2/c29-23-13-21-24(14-25(23)35-8-1-2-9-35)37(17-22(26(21)39)27(40)36-10-3-4-11-36)15-19-16-38(34-33-19)20-7-5-6-18(12-20)28(30,31)32/h5-7,12-14,16-17H,1-4,8-11,15H2. The molecule has 1 amide bonds. The lowest BCUT2D eigenvalue weighted by atomic mass is 10.1. The summed E-state index contributed by atoms with van der Waals surface area (Å²) in [5, 5.41) is 8.21. The van der Waals surface area contributed by atoms with Crippen LogP contribution in [0.25, 0.3) is 16.6 Å². The van der Waals surface area contributed by atoms with E-state index in [-0.39, 0.29) is 23.2 Å². The molecule has 2 aliphatic rings. The first-order valence-electron chi connectivity index (χ1n) is 13.2. The highest BCUT2D eigenvalue weighted by molar-refractivity contribution is 5.98. The molecule has 0 atom stereocenters. The maximum atomic E-state index is 15.3. The van der Waals surface area contributed by atoms with Crippen molar-refractivity contribution < 1.29 is 22.4 Å². The minimum atomic E-state index is -4.51. The molecule has 0 unspecified atom stereocenters. The minimum Gasteiger partial charge on any atom is -0.369 e. The molecule has 2 saturated heterocycles. The first-order chi connectivity index (χ1) is 19.2. The number of anilines is 1. The number of hydrogen-bond acceptors (Lipinski definition) is 5. The van der Waals surface area contributed by atoms with Crippen LogP contribution in [0, 0.1) is 5.82 Å². The normalized spacial score (nSPS) is 15.9. The zero-order chi connectivity index (χ0) is 28.0. The molecule has 2 fully saturated rings. The molecule has 0 saturated carbocycles. The highest BCUT2D eigenvalue weighted by atomic mass is 19.4. The van der Waals surface area contributed by atoms with Gasteiger partial charge in [0.25, 0.3) is 5.91 Å². The number of pyridine rings is 1. The first kappa shape index (κ1) is 26.0. The lowest BCUT2D eigenvalue weighted by Gasteiger charge is -2.21. The van der Waals surface area contributed by atoms with Gasteiger partial charge in [0.15, 0.2) is 0 Å². The van der Waals surface area contributed by atoms with Crippen LogP contribution in [-0.2, 0) is 12.7 Å². The molecule has 0 spiro atoms. The monoisotopic (exact) mass is 554 g/mol. The number of amides is 1. The van der Waals surface area contributed by atoms with Crippen molar-refractivity contribution in [2.45, 2.75) is 38.4 Å². The van der Waals surface area contributed by atoms with E-state index in [1.807, 2.05) is 4.90 Å². The lowest BCUT2D eigenvalue weighted by Crippen LogP contribution is -2.33. The van der Waals surface area contributed by atoms with Crippen LogP contribution >= 0.6 is 0 Å². The Kier molecular flexibility index (Phi) is 6.55. The Morgan fingerprint density at radius 2 is 1.68 bits per heavy atom. The van der Waals surface area contributed by atoms with E-state index in [2.05, 4.69) is 10.3 Å². The number of aromatic nitrogens is 4. The molecule has 4 aromatic rings. The first-order valence-corrected chi connectivity index (χ1v) is 13.2. The maximum absolute atomic E-state index is 15.3. The second-order valence-corrected chi connectivity index (χ2v) is 10.2. The van der Waals surface area contributed by atoms with Gasteiger partial charge >= 0.3 is 6.18 Å². The van der Waals surface area contributed by atoms with Crippen LogP contribution in [0.2, 0.25) is 0 Å². The molecule has 40 heavy (non-hydrogen) atoms. The number of rotatable bonds is 5. The van der Waals surface area contributed by atoms with Gasteiger partial charge in [-0.2, -0.15) is 13.2 Å². The smallest absolute Gasteiger partial charge is 0.369 e. The summed E-state index contributed by atoms with van der Waals surface area (Å²) >= 11 is 0. The van der Waals surface area contributed by atoms with Crippen molar-refractivity contribution in [1.29, 1.82) is 0 Å². The Morgan fingerprint density at radius 1 is 0.950 bits per heavy atom. The summed E-state index contributed by atoms with van der Waals surface area (Å²) in [5.41, 5.74) is -0.0366. The van der Waals surface area contributed by atoms with Crippen molar-refractivity contribution in [2.24, 2.45) is 0 Å². The van der Waals surface area contributed by atoms with Crippen LogP contribution in [0.5, 0.6) is 0 Å². The summed E-state index contributed by atoms with van der Waals surface area (Å²) < 4.78 is 57.8. The third-order valence-corrected chi connectivity index (χ3v) is 7.53. The van der Waals surface area contributed by atoms with E-state index in [0.29, 0.717) is 43.1 Å². The number of carbonyl (C=O) groups is 1. The predicted molar refractivity (Wildman–Crippen MR) is 140 cm³/mol. The average Bonchev–Trinajstić information content (AvgIpc) is 3.73. The van der Waals surface area contributed by atoms with E-state index in [0.717, 1.165) is 37.8 Å². The van der Waals surface area contributed by atoms with Gasteiger partial charge in [0.1, 0.15) is 17.1 Å². The van der Waals surface area contributed by atoms with Crippen molar-refractivity contribution >= 4 is 22.5 Å². The molecular formula is C28H26F4N6O2. The maximum Gasteiger partial charge on any atom is 0.416 e. The van der Waals surface area contributed by atoms with Gasteiger partial charge < -0.3 is 14.4 Å². The molecule has 8 nitrogen and oxygen atoms in total. The number of fused-ring (bicyclic) bond motifs is 1. The Bertz CT molecular complexity index is 1650. The fourth-order valence-corrected chi connectivity index (χ4v) is 5.47. The summed E-state index contributed by atoms with van der Waals surface area (Å²) in [6, 6.07) is 7.55. The lowest BCUT2D eigenvalue weighted by molar-refractivity contribution is -0.137. The Morgan fingerprint density at radius 3 is 2.40 bits per heavy atom. The topological polar surface area (TPSA) is 76.3 Å². The fraction of sp³-hybridized carbons (Fsp3) is 0.357. The number of benzene rings is 2. The second-order valence-electron chi connectivity index (χ2n) is 10.2. The summed E-state index contributed by atoms with van der Waals surface area (Å²) in [5.74, 6) is -0.936. The van der Waals surface area contributed by atoms with Gasteiger partial charge in [-0.1, -0.05) is 11.3 Å². The van der Waals surface area contributed by atoms with E-state index < -0.39 is 28.9 Å². The second kappa shape index (κ2) is 10.1. The molecule has 12 heteroatoms. The van der Waals surface area contributed by atoms with Crippen LogP contribution < -0.4 is 10.3 Å². The molecule has 0 radical (unpaired) electrons. The Balaban J connectivity index is 1.43. The summed E-state index contributed by atoms with van der Waals surface area (Å²) in [7, 11) is 0. The van der Waals surface area contributed by atoms with Crippen molar-refractivity contribution in [3.63, 3.8) is 0 Å². The van der Waals surface area contributed by atoms with Crippen molar-refractivity contribution in [3.05, 3.63) is 81.7 Å². The molecule has 0 N–H and O–H groups in total. The van der Waals surface area contributed by atoms with Crippen molar-refractivity contribution in [3.8, 4) is 5.69 Å². The van der Waals surface area contributed by atoms with E-state index in [1.165, 1.54) is 35.3 Å². The summed E-state index contributed by atoms with van der Waals surface area (Å²) in [6.45, 7) is 2.54. The highest BCUT2D eigenvalue weighted by Gasteiger charge is 2.31. The van der Waals surface area contributed by atoms with Gasteiger partial charge in [0, 0.05) is 37.8 Å². The van der Waals surface area contributed by atoms with Crippen LogP contribution in [-0.4, -0.2) is 56.5 Å². The molecular weight excluding hydrogens is 528 g/mol. The van der Waals surface area contributed by atoms with Crippen molar-refractivity contribution in [2.75, 3.05) is 31.1 Å². The van der Waals surface area contributed by atoms with Gasteiger partial charge in [0.05, 0.1) is 35.2 Å². The fourth-order valence-electron chi connectivity index (χ4n) is 5.47. The van der Waals surface area contributed by atoms with Crippen LogP contribution in [0.3, 0.4) is 0 Å². The van der Waals surface area contributed by atoms with Crippen LogP contribution in [0.1, 0.15) is 47.3 Å². The quantitative estimate of drug-likeness (QED) is 0.337. The molecule has 0 bridgehead atoms. The number of nitrogens with zero attached hydrogens (tertiary/aromatic N) is 6. The van der Waals surface area contributed by atoms with E-state index in [9.17, 15) is 22.8 Å². The van der Waals surface area contributed by atoms with Gasteiger partial charge in [-0.15, -0.1) is 5.10 Å². The number of carbonyl (C=O) groups excluding carboxylic acids is 1. The van der Waals surface area contributed by atoms with Gasteiger partial charge in [-0.25, -0.2) is 9.07 Å². The van der Waals surface area contributed by atoms with Gasteiger partial charge in [-0.05, 0) is 56.0 Å². The number of alkyl halides is 3. The molecule has 4 heterocycles. The number of likely N-dealkylation sites (tertiary alicyclic amines) is 1. The van der Waals surface area contributed by atoms with Crippen LogP contribution in [0.15, 0.2) is 53.6 Å². The average molecular weight is 555 g/mol. The van der Waals surface area contributed by atoms with Crippen LogP contribution in [0.4, 0.5) is 23.2 Å².